The van der Waals surface area contributed by atoms with Crippen LogP contribution in [-0.4, -0.2) is 58.6 Å². The van der Waals surface area contributed by atoms with Crippen LogP contribution in [0, 0.1) is 11.8 Å². The SMILES string of the molecule is CC(C)Cc1cc(C(=O)N(C)C[C@@H]2CCCN3CCCC[C@@H]23)n[nH]1. The average molecular weight is 332 g/mol. The summed E-state index contributed by atoms with van der Waals surface area (Å²) in [6.45, 7) is 7.70. The number of nitrogens with zero attached hydrogens (tertiary/aromatic N) is 3. The molecule has 24 heavy (non-hydrogen) atoms. The quantitative estimate of drug-likeness (QED) is 0.902. The van der Waals surface area contributed by atoms with Crippen LogP contribution in [-0.2, 0) is 6.42 Å². The summed E-state index contributed by atoms with van der Waals surface area (Å²) in [5.74, 6) is 1.22. The molecule has 0 radical (unpaired) electrons. The number of hydrogen-bond acceptors (Lipinski definition) is 3. The number of carbonyl (C=O) groups is 1. The highest BCUT2D eigenvalue weighted by molar-refractivity contribution is 5.92. The summed E-state index contributed by atoms with van der Waals surface area (Å²) in [5, 5.41) is 7.25. The number of amides is 1. The van der Waals surface area contributed by atoms with Crippen molar-refractivity contribution in [2.24, 2.45) is 11.8 Å². The van der Waals surface area contributed by atoms with Gasteiger partial charge in [0.25, 0.3) is 5.91 Å². The smallest absolute Gasteiger partial charge is 0.274 e. The molecule has 1 aromatic rings. The van der Waals surface area contributed by atoms with Crippen molar-refractivity contribution in [2.75, 3.05) is 26.7 Å². The van der Waals surface area contributed by atoms with Gasteiger partial charge in [0.15, 0.2) is 0 Å². The molecular formula is C19H32N4O. The van der Waals surface area contributed by atoms with Crippen LogP contribution in [0.4, 0.5) is 0 Å². The second kappa shape index (κ2) is 7.68. The summed E-state index contributed by atoms with van der Waals surface area (Å²) in [6.07, 6.45) is 7.43. The van der Waals surface area contributed by atoms with Gasteiger partial charge in [0.05, 0.1) is 0 Å². The minimum absolute atomic E-state index is 0.0502. The predicted molar refractivity (Wildman–Crippen MR) is 96.0 cm³/mol. The van der Waals surface area contributed by atoms with Crippen molar-refractivity contribution < 1.29 is 4.79 Å². The van der Waals surface area contributed by atoms with Crippen molar-refractivity contribution in [1.82, 2.24) is 20.0 Å². The molecule has 1 N–H and O–H groups in total. The Morgan fingerprint density at radius 1 is 1.33 bits per heavy atom. The highest BCUT2D eigenvalue weighted by atomic mass is 16.2. The standard InChI is InChI=1S/C19H32N4O/c1-14(2)11-16-12-17(21-20-16)19(24)22(3)13-15-7-6-10-23-9-5-4-8-18(15)23/h12,14-15,18H,4-11,13H2,1-3H3,(H,20,21)/t15-,18-/m0/s1. The number of aromatic amines is 1. The Hall–Kier alpha value is -1.36. The third-order valence-corrected chi connectivity index (χ3v) is 5.56. The van der Waals surface area contributed by atoms with E-state index >= 15 is 0 Å². The van der Waals surface area contributed by atoms with E-state index in [2.05, 4.69) is 28.9 Å². The first-order valence-electron chi connectivity index (χ1n) is 9.58. The Kier molecular flexibility index (Phi) is 5.59. The lowest BCUT2D eigenvalue weighted by molar-refractivity contribution is 0.0401. The number of rotatable bonds is 5. The predicted octanol–water partition coefficient (Wildman–Crippen LogP) is 2.94. The Bertz CT molecular complexity index is 551. The van der Waals surface area contributed by atoms with E-state index in [1.165, 1.54) is 45.2 Å². The first kappa shape index (κ1) is 17.5. The van der Waals surface area contributed by atoms with Crippen molar-refractivity contribution >= 4 is 5.91 Å². The van der Waals surface area contributed by atoms with Gasteiger partial charge in [-0.15, -0.1) is 0 Å². The van der Waals surface area contributed by atoms with Crippen LogP contribution in [0.15, 0.2) is 6.07 Å². The van der Waals surface area contributed by atoms with Crippen molar-refractivity contribution in [2.45, 2.75) is 58.4 Å². The molecule has 1 aromatic heterocycles. The molecule has 2 saturated heterocycles. The normalized spacial score (nSPS) is 24.8. The molecule has 0 spiro atoms. The summed E-state index contributed by atoms with van der Waals surface area (Å²) < 4.78 is 0. The average Bonchev–Trinajstić information content (AvgIpc) is 3.02. The van der Waals surface area contributed by atoms with E-state index < -0.39 is 0 Å². The molecule has 5 nitrogen and oxygen atoms in total. The Morgan fingerprint density at radius 3 is 2.92 bits per heavy atom. The second-order valence-corrected chi connectivity index (χ2v) is 8.06. The minimum atomic E-state index is 0.0502. The molecule has 2 fully saturated rings. The van der Waals surface area contributed by atoms with E-state index in [0.717, 1.165) is 18.7 Å². The molecule has 5 heteroatoms. The number of piperidine rings is 2. The maximum Gasteiger partial charge on any atom is 0.274 e. The van der Waals surface area contributed by atoms with Gasteiger partial charge in [-0.25, -0.2) is 0 Å². The van der Waals surface area contributed by atoms with Gasteiger partial charge in [-0.3, -0.25) is 9.89 Å². The van der Waals surface area contributed by atoms with Gasteiger partial charge < -0.3 is 9.80 Å². The first-order valence-corrected chi connectivity index (χ1v) is 9.58. The van der Waals surface area contributed by atoms with E-state index in [0.29, 0.717) is 23.6 Å². The Labute approximate surface area is 145 Å². The van der Waals surface area contributed by atoms with E-state index in [9.17, 15) is 4.79 Å². The fourth-order valence-electron chi connectivity index (χ4n) is 4.44. The maximum absolute atomic E-state index is 12.7. The van der Waals surface area contributed by atoms with Gasteiger partial charge in [0.2, 0.25) is 0 Å². The highest BCUT2D eigenvalue weighted by Gasteiger charge is 2.34. The van der Waals surface area contributed by atoms with Gasteiger partial charge in [-0.2, -0.15) is 5.10 Å². The van der Waals surface area contributed by atoms with E-state index in [1.54, 1.807) is 0 Å². The molecule has 0 aliphatic carbocycles. The molecule has 2 atom stereocenters. The second-order valence-electron chi connectivity index (χ2n) is 8.06. The summed E-state index contributed by atoms with van der Waals surface area (Å²) in [4.78, 5) is 17.3. The minimum Gasteiger partial charge on any atom is -0.340 e. The number of aromatic nitrogens is 2. The van der Waals surface area contributed by atoms with Crippen LogP contribution in [0.25, 0.3) is 0 Å². The first-order chi connectivity index (χ1) is 11.5. The third-order valence-electron chi connectivity index (χ3n) is 5.56. The lowest BCUT2D eigenvalue weighted by Gasteiger charge is -2.45. The lowest BCUT2D eigenvalue weighted by Crippen LogP contribution is -2.51. The van der Waals surface area contributed by atoms with Crippen LogP contribution in [0.3, 0.4) is 0 Å². The fraction of sp³-hybridized carbons (Fsp3) is 0.789. The molecule has 0 bridgehead atoms. The molecular weight excluding hydrogens is 300 g/mol. The van der Waals surface area contributed by atoms with Gasteiger partial charge in [-0.05, 0) is 63.1 Å². The monoisotopic (exact) mass is 332 g/mol. The molecule has 0 unspecified atom stereocenters. The van der Waals surface area contributed by atoms with Crippen LogP contribution in [0.5, 0.6) is 0 Å². The highest BCUT2D eigenvalue weighted by Crippen LogP contribution is 2.31. The summed E-state index contributed by atoms with van der Waals surface area (Å²) in [5.41, 5.74) is 1.61. The molecule has 0 saturated carbocycles. The molecule has 0 aromatic carbocycles. The molecule has 2 aliphatic heterocycles. The fourth-order valence-corrected chi connectivity index (χ4v) is 4.44. The van der Waals surface area contributed by atoms with Crippen LogP contribution in [0.1, 0.15) is 62.1 Å². The van der Waals surface area contributed by atoms with Crippen molar-refractivity contribution in [3.8, 4) is 0 Å². The number of nitrogens with one attached hydrogen (secondary N) is 1. The zero-order valence-electron chi connectivity index (χ0n) is 15.4. The van der Waals surface area contributed by atoms with Crippen LogP contribution in [0.2, 0.25) is 0 Å². The molecule has 2 aliphatic rings. The maximum atomic E-state index is 12.7. The summed E-state index contributed by atoms with van der Waals surface area (Å²) in [7, 11) is 1.93. The third kappa shape index (κ3) is 4.00. The van der Waals surface area contributed by atoms with Crippen molar-refractivity contribution in [3.05, 3.63) is 17.5 Å². The number of carbonyl (C=O) groups excluding carboxylic acids is 1. The Morgan fingerprint density at radius 2 is 2.12 bits per heavy atom. The van der Waals surface area contributed by atoms with Crippen molar-refractivity contribution in [3.63, 3.8) is 0 Å². The van der Waals surface area contributed by atoms with Crippen LogP contribution >= 0.6 is 0 Å². The zero-order valence-corrected chi connectivity index (χ0v) is 15.4. The topological polar surface area (TPSA) is 52.2 Å². The largest absolute Gasteiger partial charge is 0.340 e. The van der Waals surface area contributed by atoms with Crippen molar-refractivity contribution in [1.29, 1.82) is 0 Å². The molecule has 3 heterocycles. The van der Waals surface area contributed by atoms with Gasteiger partial charge in [0.1, 0.15) is 5.69 Å². The van der Waals surface area contributed by atoms with E-state index in [1.807, 2.05) is 18.0 Å². The van der Waals surface area contributed by atoms with Gasteiger partial charge in [0, 0.05) is 25.3 Å². The van der Waals surface area contributed by atoms with Crippen LogP contribution < -0.4 is 0 Å². The van der Waals surface area contributed by atoms with Gasteiger partial charge >= 0.3 is 0 Å². The summed E-state index contributed by atoms with van der Waals surface area (Å²) in [6, 6.07) is 2.60. The van der Waals surface area contributed by atoms with E-state index in [-0.39, 0.29) is 5.91 Å². The molecule has 134 valence electrons. The Balaban J connectivity index is 1.60. The number of fused-ring (bicyclic) bond motifs is 1. The lowest BCUT2D eigenvalue weighted by atomic mass is 9.83. The summed E-state index contributed by atoms with van der Waals surface area (Å²) >= 11 is 0. The van der Waals surface area contributed by atoms with E-state index in [4.69, 9.17) is 0 Å². The molecule has 1 amide bonds. The van der Waals surface area contributed by atoms with Gasteiger partial charge in [-0.1, -0.05) is 20.3 Å². The number of hydrogen-bond donors (Lipinski definition) is 1. The zero-order chi connectivity index (χ0) is 17.1. The number of H-pyrrole nitrogens is 1. The molecule has 3 rings (SSSR count).